The number of rotatable bonds is 3. The van der Waals surface area contributed by atoms with Crippen LogP contribution in [-0.2, 0) is 0 Å². The van der Waals surface area contributed by atoms with E-state index in [1.165, 1.54) is 6.92 Å². The fourth-order valence-electron chi connectivity index (χ4n) is 1.15. The van der Waals surface area contributed by atoms with Crippen molar-refractivity contribution in [2.75, 3.05) is 0 Å². The van der Waals surface area contributed by atoms with Crippen LogP contribution in [0.15, 0.2) is 18.2 Å². The molecule has 0 aromatic heterocycles. The predicted octanol–water partition coefficient (Wildman–Crippen LogP) is 3.57. The topological polar surface area (TPSA) is 17.1 Å². The zero-order valence-corrected chi connectivity index (χ0v) is 8.56. The monoisotopic (exact) mass is 236 g/mol. The Balaban J connectivity index is 3.24. The van der Waals surface area contributed by atoms with Crippen LogP contribution in [-0.4, -0.2) is 11.2 Å². The summed E-state index contributed by atoms with van der Waals surface area (Å²) in [5, 5.41) is -0.954. The van der Waals surface area contributed by atoms with Crippen LogP contribution < -0.4 is 0 Å². The van der Waals surface area contributed by atoms with Gasteiger partial charge in [0, 0.05) is 11.1 Å². The molecule has 1 aromatic carbocycles. The van der Waals surface area contributed by atoms with Crippen LogP contribution in [0, 0.1) is 5.82 Å². The van der Waals surface area contributed by atoms with Crippen molar-refractivity contribution in [3.63, 3.8) is 0 Å². The smallest absolute Gasteiger partial charge is 0.264 e. The van der Waals surface area contributed by atoms with Crippen LogP contribution in [0.5, 0.6) is 0 Å². The van der Waals surface area contributed by atoms with Crippen molar-refractivity contribution in [2.45, 2.75) is 18.7 Å². The molecule has 82 valence electrons. The van der Waals surface area contributed by atoms with E-state index in [2.05, 4.69) is 0 Å². The lowest BCUT2D eigenvalue weighted by molar-refractivity contribution is 0.0977. The van der Waals surface area contributed by atoms with Crippen LogP contribution in [0.1, 0.15) is 29.3 Å². The average molecular weight is 237 g/mol. The van der Waals surface area contributed by atoms with Crippen molar-refractivity contribution in [2.24, 2.45) is 0 Å². The van der Waals surface area contributed by atoms with Gasteiger partial charge in [0.05, 0.1) is 5.38 Å². The van der Waals surface area contributed by atoms with Crippen LogP contribution in [0.2, 0.25) is 0 Å². The van der Waals surface area contributed by atoms with Gasteiger partial charge in [-0.1, -0.05) is 0 Å². The third-order valence-electron chi connectivity index (χ3n) is 1.88. The summed E-state index contributed by atoms with van der Waals surface area (Å²) in [6.45, 7) is 1.35. The van der Waals surface area contributed by atoms with Crippen LogP contribution in [0.25, 0.3) is 0 Å². The van der Waals surface area contributed by atoms with Gasteiger partial charge >= 0.3 is 0 Å². The molecule has 15 heavy (non-hydrogen) atoms. The Bertz CT molecular complexity index is 377. The molecule has 1 nitrogen and oxygen atoms in total. The molecule has 0 aliphatic heterocycles. The molecule has 5 heteroatoms. The van der Waals surface area contributed by atoms with Gasteiger partial charge in [-0.2, -0.15) is 0 Å². The van der Waals surface area contributed by atoms with E-state index in [1.54, 1.807) is 0 Å². The summed E-state index contributed by atoms with van der Waals surface area (Å²) in [6, 6.07) is 2.56. The molecule has 0 radical (unpaired) electrons. The highest BCUT2D eigenvalue weighted by Gasteiger charge is 2.21. The molecule has 0 aliphatic rings. The number of carbonyl (C=O) groups excluding carboxylic acids is 1. The van der Waals surface area contributed by atoms with E-state index >= 15 is 0 Å². The number of halogens is 4. The fourth-order valence-corrected chi connectivity index (χ4v) is 1.26. The van der Waals surface area contributed by atoms with Crippen molar-refractivity contribution < 1.29 is 18.0 Å². The zero-order valence-electron chi connectivity index (χ0n) is 7.81. The lowest BCUT2D eigenvalue weighted by Crippen LogP contribution is -2.13. The quantitative estimate of drug-likeness (QED) is 0.579. The molecule has 0 amide bonds. The Hall–Kier alpha value is -1.03. The highest BCUT2D eigenvalue weighted by molar-refractivity contribution is 6.33. The molecule has 1 aromatic rings. The van der Waals surface area contributed by atoms with E-state index in [9.17, 15) is 18.0 Å². The summed E-state index contributed by atoms with van der Waals surface area (Å²) in [4.78, 5) is 11.4. The molecule has 0 bridgehead atoms. The predicted molar refractivity (Wildman–Crippen MR) is 51.0 cm³/mol. The van der Waals surface area contributed by atoms with Crippen LogP contribution >= 0.6 is 11.6 Å². The molecule has 1 atom stereocenters. The molecule has 0 saturated heterocycles. The van der Waals surface area contributed by atoms with E-state index in [0.29, 0.717) is 0 Å². The summed E-state index contributed by atoms with van der Waals surface area (Å²) in [7, 11) is 0. The molecule has 1 unspecified atom stereocenters. The first kappa shape index (κ1) is 12.0. The fraction of sp³-hybridized carbons (Fsp3) is 0.300. The van der Waals surface area contributed by atoms with Crippen LogP contribution in [0.4, 0.5) is 13.2 Å². The minimum absolute atomic E-state index is 0.354. The van der Waals surface area contributed by atoms with Crippen LogP contribution in [0.3, 0.4) is 0 Å². The Kier molecular flexibility index (Phi) is 3.74. The molecule has 0 fully saturated rings. The normalized spacial score (nSPS) is 12.9. The standard InChI is InChI=1S/C10H8ClF3O/c1-5(11)9(15)8-4-6(12)2-3-7(8)10(13)14/h2-5,10H,1H3. The van der Waals surface area contributed by atoms with E-state index in [0.717, 1.165) is 18.2 Å². The van der Waals surface area contributed by atoms with Gasteiger partial charge in [0.15, 0.2) is 5.78 Å². The lowest BCUT2D eigenvalue weighted by Gasteiger charge is -2.08. The zero-order chi connectivity index (χ0) is 11.6. The lowest BCUT2D eigenvalue weighted by atomic mass is 10.0. The maximum atomic E-state index is 12.8. The van der Waals surface area contributed by atoms with Crippen molar-refractivity contribution in [1.29, 1.82) is 0 Å². The summed E-state index contributed by atoms with van der Waals surface area (Å²) >= 11 is 5.47. The van der Waals surface area contributed by atoms with Gasteiger partial charge in [-0.3, -0.25) is 4.79 Å². The number of ketones is 1. The molecule has 0 spiro atoms. The van der Waals surface area contributed by atoms with Crippen molar-refractivity contribution in [1.82, 2.24) is 0 Å². The Morgan fingerprint density at radius 1 is 1.40 bits per heavy atom. The summed E-state index contributed by atoms with van der Waals surface area (Å²) in [6.07, 6.45) is -2.82. The van der Waals surface area contributed by atoms with Gasteiger partial charge in [0.25, 0.3) is 6.43 Å². The SMILES string of the molecule is CC(Cl)C(=O)c1cc(F)ccc1C(F)F. The first-order chi connectivity index (χ1) is 6.93. The maximum absolute atomic E-state index is 12.8. The average Bonchev–Trinajstić information content (AvgIpc) is 2.15. The molecule has 0 heterocycles. The van der Waals surface area contributed by atoms with Gasteiger partial charge in [0.2, 0.25) is 0 Å². The first-order valence-electron chi connectivity index (χ1n) is 4.19. The van der Waals surface area contributed by atoms with Gasteiger partial charge in [-0.25, -0.2) is 13.2 Å². The van der Waals surface area contributed by atoms with E-state index in [-0.39, 0.29) is 5.56 Å². The number of carbonyl (C=O) groups is 1. The van der Waals surface area contributed by atoms with Gasteiger partial charge in [-0.15, -0.1) is 11.6 Å². The first-order valence-corrected chi connectivity index (χ1v) is 4.63. The highest BCUT2D eigenvalue weighted by Crippen LogP contribution is 2.25. The Morgan fingerprint density at radius 3 is 2.47 bits per heavy atom. The second kappa shape index (κ2) is 4.66. The molecule has 1 rings (SSSR count). The van der Waals surface area contributed by atoms with E-state index < -0.39 is 29.0 Å². The Morgan fingerprint density at radius 2 is 2.00 bits per heavy atom. The second-order valence-electron chi connectivity index (χ2n) is 3.01. The summed E-state index contributed by atoms with van der Waals surface area (Å²) in [5.74, 6) is -1.44. The van der Waals surface area contributed by atoms with Gasteiger partial charge < -0.3 is 0 Å². The molecule has 0 N–H and O–H groups in total. The summed E-state index contributed by atoms with van der Waals surface area (Å²) < 4.78 is 37.7. The number of alkyl halides is 3. The largest absolute Gasteiger partial charge is 0.293 e. The van der Waals surface area contributed by atoms with Crippen molar-refractivity contribution >= 4 is 17.4 Å². The van der Waals surface area contributed by atoms with E-state index in [4.69, 9.17) is 11.6 Å². The molecule has 0 saturated carbocycles. The van der Waals surface area contributed by atoms with Crippen molar-refractivity contribution in [3.05, 3.63) is 35.1 Å². The number of benzene rings is 1. The third kappa shape index (κ3) is 2.72. The number of Topliss-reactive ketones (excluding diaryl/α,β-unsaturated/α-hetero) is 1. The minimum atomic E-state index is -2.82. The van der Waals surface area contributed by atoms with Crippen molar-refractivity contribution in [3.8, 4) is 0 Å². The second-order valence-corrected chi connectivity index (χ2v) is 3.67. The highest BCUT2D eigenvalue weighted by atomic mass is 35.5. The number of hydrogen-bond acceptors (Lipinski definition) is 1. The third-order valence-corrected chi connectivity index (χ3v) is 2.08. The maximum Gasteiger partial charge on any atom is 0.264 e. The van der Waals surface area contributed by atoms with E-state index in [1.807, 2.05) is 0 Å². The molecule has 0 aliphatic carbocycles. The number of hydrogen-bond donors (Lipinski definition) is 0. The Labute approximate surface area is 89.9 Å². The van der Waals surface area contributed by atoms with Gasteiger partial charge in [0.1, 0.15) is 5.82 Å². The molecular formula is C10H8ClF3O. The minimum Gasteiger partial charge on any atom is -0.293 e. The summed E-state index contributed by atoms with van der Waals surface area (Å²) in [5.41, 5.74) is -0.846. The molecular weight excluding hydrogens is 229 g/mol. The van der Waals surface area contributed by atoms with Gasteiger partial charge in [-0.05, 0) is 25.1 Å².